The van der Waals surface area contributed by atoms with Gasteiger partial charge in [0.1, 0.15) is 0 Å². The highest BCUT2D eigenvalue weighted by Crippen LogP contribution is 2.41. The number of rotatable bonds is 3. The van der Waals surface area contributed by atoms with Gasteiger partial charge in [0.15, 0.2) is 0 Å². The molecule has 1 aliphatic heterocycles. The van der Waals surface area contributed by atoms with E-state index in [-0.39, 0.29) is 11.5 Å². The second kappa shape index (κ2) is 3.71. The highest BCUT2D eigenvalue weighted by Gasteiger charge is 2.43. The van der Waals surface area contributed by atoms with Crippen LogP contribution in [0.1, 0.15) is 13.3 Å². The SMILES string of the molecule is CC1OCCC1(CO)C[Si](C)(C)C. The van der Waals surface area contributed by atoms with Crippen molar-refractivity contribution in [2.45, 2.75) is 45.1 Å². The summed E-state index contributed by atoms with van der Waals surface area (Å²) in [6.07, 6.45) is 1.28. The molecule has 1 fully saturated rings. The van der Waals surface area contributed by atoms with Crippen LogP contribution >= 0.6 is 0 Å². The van der Waals surface area contributed by atoms with E-state index < -0.39 is 8.07 Å². The summed E-state index contributed by atoms with van der Waals surface area (Å²) in [4.78, 5) is 0. The summed E-state index contributed by atoms with van der Waals surface area (Å²) in [7, 11) is -1.10. The Hall–Kier alpha value is 0.137. The van der Waals surface area contributed by atoms with Crippen LogP contribution in [0.15, 0.2) is 0 Å². The van der Waals surface area contributed by atoms with Crippen LogP contribution < -0.4 is 0 Å². The van der Waals surface area contributed by atoms with E-state index in [1.54, 1.807) is 0 Å². The van der Waals surface area contributed by atoms with Crippen LogP contribution in [-0.2, 0) is 4.74 Å². The molecule has 1 rings (SSSR count). The van der Waals surface area contributed by atoms with Gasteiger partial charge in [0.25, 0.3) is 0 Å². The molecule has 1 N–H and O–H groups in total. The van der Waals surface area contributed by atoms with Gasteiger partial charge in [0.2, 0.25) is 0 Å². The first kappa shape index (κ1) is 11.2. The van der Waals surface area contributed by atoms with E-state index in [2.05, 4.69) is 26.6 Å². The van der Waals surface area contributed by atoms with E-state index in [9.17, 15) is 5.11 Å². The molecule has 0 aliphatic carbocycles. The molecule has 1 heterocycles. The summed E-state index contributed by atoms with van der Waals surface area (Å²) in [5.41, 5.74) is 0.0739. The number of aliphatic hydroxyl groups is 1. The largest absolute Gasteiger partial charge is 0.396 e. The lowest BCUT2D eigenvalue weighted by Gasteiger charge is -2.35. The highest BCUT2D eigenvalue weighted by atomic mass is 28.3. The predicted octanol–water partition coefficient (Wildman–Crippen LogP) is 2.11. The number of hydrogen-bond donors (Lipinski definition) is 1. The summed E-state index contributed by atoms with van der Waals surface area (Å²) in [6.45, 7) is 10.3. The summed E-state index contributed by atoms with van der Waals surface area (Å²) in [6, 6.07) is 1.18. The third-order valence-electron chi connectivity index (χ3n) is 3.03. The molecule has 3 heteroatoms. The Balaban J connectivity index is 2.70. The second-order valence-electron chi connectivity index (χ2n) is 5.52. The van der Waals surface area contributed by atoms with Crippen LogP contribution in [0.3, 0.4) is 0 Å². The van der Waals surface area contributed by atoms with Crippen molar-refractivity contribution in [1.29, 1.82) is 0 Å². The number of hydrogen-bond acceptors (Lipinski definition) is 2. The molecule has 78 valence electrons. The van der Waals surface area contributed by atoms with Crippen molar-refractivity contribution < 1.29 is 9.84 Å². The van der Waals surface area contributed by atoms with Crippen LogP contribution in [0.2, 0.25) is 25.7 Å². The Kier molecular flexibility index (Phi) is 3.20. The summed E-state index contributed by atoms with van der Waals surface area (Å²) < 4.78 is 5.57. The van der Waals surface area contributed by atoms with Crippen molar-refractivity contribution in [1.82, 2.24) is 0 Å². The summed E-state index contributed by atoms with van der Waals surface area (Å²) in [5, 5.41) is 9.49. The normalized spacial score (nSPS) is 35.3. The lowest BCUT2D eigenvalue weighted by molar-refractivity contribution is 0.0374. The van der Waals surface area contributed by atoms with Gasteiger partial charge in [-0.15, -0.1) is 0 Å². The maximum absolute atomic E-state index is 9.49. The Morgan fingerprint density at radius 3 is 2.38 bits per heavy atom. The van der Waals surface area contributed by atoms with Crippen LogP contribution in [0, 0.1) is 5.41 Å². The van der Waals surface area contributed by atoms with Gasteiger partial charge in [0.05, 0.1) is 12.7 Å². The average molecular weight is 202 g/mol. The molecule has 2 unspecified atom stereocenters. The van der Waals surface area contributed by atoms with Crippen molar-refractivity contribution in [2.75, 3.05) is 13.2 Å². The van der Waals surface area contributed by atoms with Gasteiger partial charge in [-0.25, -0.2) is 0 Å². The average Bonchev–Trinajstić information content (AvgIpc) is 2.30. The molecule has 0 amide bonds. The molecular weight excluding hydrogens is 180 g/mol. The zero-order valence-electron chi connectivity index (χ0n) is 9.26. The molecular formula is C10H22O2Si. The molecule has 2 atom stereocenters. The van der Waals surface area contributed by atoms with Crippen molar-refractivity contribution in [3.63, 3.8) is 0 Å². The second-order valence-corrected chi connectivity index (χ2v) is 11.0. The maximum Gasteiger partial charge on any atom is 0.0623 e. The minimum atomic E-state index is -1.10. The quantitative estimate of drug-likeness (QED) is 0.710. The molecule has 0 spiro atoms. The fourth-order valence-corrected chi connectivity index (χ4v) is 5.06. The predicted molar refractivity (Wildman–Crippen MR) is 57.7 cm³/mol. The fraction of sp³-hybridized carbons (Fsp3) is 1.00. The van der Waals surface area contributed by atoms with Crippen LogP contribution in [0.5, 0.6) is 0 Å². The Morgan fingerprint density at radius 2 is 2.08 bits per heavy atom. The van der Waals surface area contributed by atoms with Gasteiger partial charge < -0.3 is 9.84 Å². The van der Waals surface area contributed by atoms with Crippen LogP contribution in [0.4, 0.5) is 0 Å². The first-order valence-corrected chi connectivity index (χ1v) is 8.83. The van der Waals surface area contributed by atoms with Gasteiger partial charge >= 0.3 is 0 Å². The first-order valence-electron chi connectivity index (χ1n) is 5.12. The van der Waals surface area contributed by atoms with Crippen molar-refractivity contribution in [2.24, 2.45) is 5.41 Å². The number of ether oxygens (including phenoxy) is 1. The molecule has 0 aromatic carbocycles. The minimum absolute atomic E-state index is 0.0739. The molecule has 2 nitrogen and oxygen atoms in total. The van der Waals surface area contributed by atoms with Crippen molar-refractivity contribution in [3.8, 4) is 0 Å². The maximum atomic E-state index is 9.49. The lowest BCUT2D eigenvalue weighted by atomic mass is 9.85. The molecule has 0 saturated carbocycles. The monoisotopic (exact) mass is 202 g/mol. The van der Waals surface area contributed by atoms with E-state index in [0.717, 1.165) is 13.0 Å². The van der Waals surface area contributed by atoms with Crippen LogP contribution in [0.25, 0.3) is 0 Å². The van der Waals surface area contributed by atoms with E-state index in [1.807, 2.05) is 0 Å². The van der Waals surface area contributed by atoms with Gasteiger partial charge in [0, 0.05) is 20.1 Å². The topological polar surface area (TPSA) is 29.5 Å². The van der Waals surface area contributed by atoms with Gasteiger partial charge in [-0.05, 0) is 19.4 Å². The Labute approximate surface area is 82.3 Å². The number of aliphatic hydroxyl groups excluding tert-OH is 1. The Morgan fingerprint density at radius 1 is 1.46 bits per heavy atom. The fourth-order valence-electron chi connectivity index (χ4n) is 2.37. The molecule has 1 aliphatic rings. The van der Waals surface area contributed by atoms with E-state index in [0.29, 0.717) is 6.61 Å². The lowest BCUT2D eigenvalue weighted by Crippen LogP contribution is -2.40. The van der Waals surface area contributed by atoms with Crippen molar-refractivity contribution in [3.05, 3.63) is 0 Å². The highest BCUT2D eigenvalue weighted by molar-refractivity contribution is 6.76. The summed E-state index contributed by atoms with van der Waals surface area (Å²) >= 11 is 0. The first-order chi connectivity index (χ1) is 5.90. The molecule has 0 aromatic heterocycles. The van der Waals surface area contributed by atoms with Gasteiger partial charge in [-0.3, -0.25) is 0 Å². The standard InChI is InChI=1S/C10H22O2Si/c1-9-10(7-11,5-6-12-9)8-13(2,3)4/h9,11H,5-8H2,1-4H3. The van der Waals surface area contributed by atoms with Gasteiger partial charge in [-0.2, -0.15) is 0 Å². The third-order valence-corrected chi connectivity index (χ3v) is 4.79. The molecule has 13 heavy (non-hydrogen) atoms. The Bertz CT molecular complexity index is 176. The third kappa shape index (κ3) is 2.54. The molecule has 1 saturated heterocycles. The van der Waals surface area contributed by atoms with E-state index >= 15 is 0 Å². The molecule has 0 bridgehead atoms. The van der Waals surface area contributed by atoms with Crippen LogP contribution in [-0.4, -0.2) is 32.5 Å². The van der Waals surface area contributed by atoms with Crippen molar-refractivity contribution >= 4 is 8.07 Å². The van der Waals surface area contributed by atoms with E-state index in [1.165, 1.54) is 6.04 Å². The zero-order valence-corrected chi connectivity index (χ0v) is 10.3. The molecule has 0 radical (unpaired) electrons. The zero-order chi connectivity index (χ0) is 10.1. The smallest absolute Gasteiger partial charge is 0.0623 e. The summed E-state index contributed by atoms with van der Waals surface area (Å²) in [5.74, 6) is 0. The minimum Gasteiger partial charge on any atom is -0.396 e. The molecule has 0 aromatic rings. The van der Waals surface area contributed by atoms with E-state index in [4.69, 9.17) is 4.74 Å². The van der Waals surface area contributed by atoms with Gasteiger partial charge in [-0.1, -0.05) is 19.6 Å².